The number of para-hydroxylation sites is 2. The van der Waals surface area contributed by atoms with Crippen LogP contribution in [0.2, 0.25) is 0 Å². The second kappa shape index (κ2) is 8.26. The van der Waals surface area contributed by atoms with E-state index >= 15 is 0 Å². The number of hydrogen-bond donors (Lipinski definition) is 2. The molecule has 0 radical (unpaired) electrons. The summed E-state index contributed by atoms with van der Waals surface area (Å²) in [5.41, 5.74) is 2.71. The molecule has 152 valence electrons. The second-order valence-corrected chi connectivity index (χ2v) is 6.16. The molecular weight excluding hydrogens is 387 g/mol. The highest BCUT2D eigenvalue weighted by molar-refractivity contribution is 5.96. The fraction of sp³-hybridized carbons (Fsp3) is 0.200. The molecule has 3 aromatic rings. The lowest BCUT2D eigenvalue weighted by Gasteiger charge is -2.12. The molecule has 29 heavy (non-hydrogen) atoms. The lowest BCUT2D eigenvalue weighted by molar-refractivity contribution is -0.274. The zero-order chi connectivity index (χ0) is 21.0. The molecule has 0 spiro atoms. The summed E-state index contributed by atoms with van der Waals surface area (Å²) in [6, 6.07) is 12.5. The summed E-state index contributed by atoms with van der Waals surface area (Å²) in [5, 5.41) is 9.58. The first-order chi connectivity index (χ1) is 13.8. The number of H-pyrrole nitrogens is 1. The Morgan fingerprint density at radius 3 is 2.66 bits per heavy atom. The predicted molar refractivity (Wildman–Crippen MR) is 99.6 cm³/mol. The van der Waals surface area contributed by atoms with Crippen LogP contribution in [0.15, 0.2) is 48.5 Å². The molecule has 1 heterocycles. The molecule has 3 rings (SSSR count). The van der Waals surface area contributed by atoms with Crippen molar-refractivity contribution in [1.82, 2.24) is 15.5 Å². The largest absolute Gasteiger partial charge is 0.573 e. The summed E-state index contributed by atoms with van der Waals surface area (Å²) in [4.78, 5) is 12.3. The van der Waals surface area contributed by atoms with Crippen LogP contribution >= 0.6 is 0 Å². The number of benzene rings is 2. The first-order valence-corrected chi connectivity index (χ1v) is 8.59. The summed E-state index contributed by atoms with van der Waals surface area (Å²) in [5.74, 6) is -0.575. The summed E-state index contributed by atoms with van der Waals surface area (Å²) in [7, 11) is 1.57. The standard InChI is InChI=1S/C20H18F3N3O3/c1-12-6-5-8-14(18(12)28-2)16-10-13(25-26-16)11-24-19(27)15-7-3-4-9-17(15)29-20(21,22)23/h3-10H,11H2,1-2H3,(H,24,27)(H,25,26). The number of carbonyl (C=O) groups is 1. The molecule has 0 unspecified atom stereocenters. The molecule has 2 N–H and O–H groups in total. The van der Waals surface area contributed by atoms with Crippen molar-refractivity contribution in [2.75, 3.05) is 7.11 Å². The molecule has 2 aromatic carbocycles. The second-order valence-electron chi connectivity index (χ2n) is 6.16. The van der Waals surface area contributed by atoms with Gasteiger partial charge in [0.15, 0.2) is 0 Å². The van der Waals surface area contributed by atoms with Crippen LogP contribution in [0.1, 0.15) is 21.6 Å². The molecule has 0 saturated carbocycles. The van der Waals surface area contributed by atoms with E-state index in [0.717, 1.165) is 17.2 Å². The number of alkyl halides is 3. The molecule has 0 aliphatic rings. The number of rotatable bonds is 6. The third kappa shape index (κ3) is 4.87. The number of carbonyl (C=O) groups excluding carboxylic acids is 1. The van der Waals surface area contributed by atoms with E-state index in [2.05, 4.69) is 20.3 Å². The lowest BCUT2D eigenvalue weighted by Crippen LogP contribution is -2.25. The Hall–Kier alpha value is -3.49. The molecule has 1 amide bonds. The van der Waals surface area contributed by atoms with Crippen LogP contribution in [0.5, 0.6) is 11.5 Å². The van der Waals surface area contributed by atoms with Crippen molar-refractivity contribution in [3.8, 4) is 22.8 Å². The molecule has 0 saturated heterocycles. The van der Waals surface area contributed by atoms with Gasteiger partial charge in [-0.05, 0) is 36.8 Å². The molecule has 0 aliphatic carbocycles. The quantitative estimate of drug-likeness (QED) is 0.644. The first-order valence-electron chi connectivity index (χ1n) is 8.59. The Balaban J connectivity index is 1.73. The van der Waals surface area contributed by atoms with Crippen LogP contribution in [0.3, 0.4) is 0 Å². The molecule has 0 atom stereocenters. The van der Waals surface area contributed by atoms with Gasteiger partial charge in [0.05, 0.1) is 30.6 Å². The van der Waals surface area contributed by atoms with Crippen molar-refractivity contribution in [2.24, 2.45) is 0 Å². The maximum absolute atomic E-state index is 12.5. The lowest BCUT2D eigenvalue weighted by atomic mass is 10.1. The minimum atomic E-state index is -4.89. The van der Waals surface area contributed by atoms with Gasteiger partial charge < -0.3 is 14.8 Å². The van der Waals surface area contributed by atoms with E-state index < -0.39 is 18.0 Å². The van der Waals surface area contributed by atoms with Gasteiger partial charge in [-0.15, -0.1) is 13.2 Å². The van der Waals surface area contributed by atoms with Crippen molar-refractivity contribution < 1.29 is 27.4 Å². The summed E-state index contributed by atoms with van der Waals surface area (Å²) >= 11 is 0. The van der Waals surface area contributed by atoms with E-state index in [-0.39, 0.29) is 12.1 Å². The van der Waals surface area contributed by atoms with Crippen LogP contribution in [-0.2, 0) is 6.54 Å². The number of aryl methyl sites for hydroxylation is 1. The molecule has 0 aliphatic heterocycles. The van der Waals surface area contributed by atoms with E-state index in [0.29, 0.717) is 17.1 Å². The minimum Gasteiger partial charge on any atom is -0.496 e. The Morgan fingerprint density at radius 2 is 1.93 bits per heavy atom. The van der Waals surface area contributed by atoms with Crippen LogP contribution in [0.25, 0.3) is 11.3 Å². The fourth-order valence-electron chi connectivity index (χ4n) is 2.85. The predicted octanol–water partition coefficient (Wildman–Crippen LogP) is 4.22. The number of aromatic nitrogens is 2. The van der Waals surface area contributed by atoms with Gasteiger partial charge in [0.2, 0.25) is 0 Å². The van der Waals surface area contributed by atoms with Crippen LogP contribution in [-0.4, -0.2) is 29.6 Å². The van der Waals surface area contributed by atoms with Gasteiger partial charge in [-0.1, -0.05) is 24.3 Å². The Bertz CT molecular complexity index is 1020. The molecule has 0 fully saturated rings. The van der Waals surface area contributed by atoms with Crippen molar-refractivity contribution >= 4 is 5.91 Å². The Kier molecular flexibility index (Phi) is 5.76. The van der Waals surface area contributed by atoms with Crippen molar-refractivity contribution in [2.45, 2.75) is 19.8 Å². The molecule has 1 aromatic heterocycles. The van der Waals surface area contributed by atoms with Gasteiger partial charge in [0.1, 0.15) is 11.5 Å². The van der Waals surface area contributed by atoms with E-state index in [1.165, 1.54) is 18.2 Å². The van der Waals surface area contributed by atoms with Gasteiger partial charge >= 0.3 is 6.36 Å². The first kappa shape index (κ1) is 20.2. The number of methoxy groups -OCH3 is 1. The van der Waals surface area contributed by atoms with Crippen molar-refractivity contribution in [1.29, 1.82) is 0 Å². The van der Waals surface area contributed by atoms with E-state index in [4.69, 9.17) is 4.74 Å². The number of nitrogens with one attached hydrogen (secondary N) is 2. The number of halogens is 3. The SMILES string of the molecule is COc1c(C)cccc1-c1cc(CNC(=O)c2ccccc2OC(F)(F)F)[nH]n1. The van der Waals surface area contributed by atoms with Gasteiger partial charge in [-0.2, -0.15) is 5.10 Å². The number of nitrogens with zero attached hydrogens (tertiary/aromatic N) is 1. The van der Waals surface area contributed by atoms with E-state index in [1.54, 1.807) is 13.2 Å². The van der Waals surface area contributed by atoms with Crippen LogP contribution in [0, 0.1) is 6.92 Å². The topological polar surface area (TPSA) is 76.2 Å². The third-order valence-electron chi connectivity index (χ3n) is 4.12. The molecular formula is C20H18F3N3O3. The van der Waals surface area contributed by atoms with Gasteiger partial charge in [0, 0.05) is 5.56 Å². The third-order valence-corrected chi connectivity index (χ3v) is 4.12. The highest BCUT2D eigenvalue weighted by atomic mass is 19.4. The minimum absolute atomic E-state index is 0.0420. The fourth-order valence-corrected chi connectivity index (χ4v) is 2.85. The smallest absolute Gasteiger partial charge is 0.496 e. The van der Waals surface area contributed by atoms with Crippen molar-refractivity contribution in [3.05, 3.63) is 65.4 Å². The highest BCUT2D eigenvalue weighted by Gasteiger charge is 2.32. The molecule has 0 bridgehead atoms. The monoisotopic (exact) mass is 405 g/mol. The summed E-state index contributed by atoms with van der Waals surface area (Å²) in [6.07, 6.45) is -4.89. The van der Waals surface area contributed by atoms with Crippen molar-refractivity contribution in [3.63, 3.8) is 0 Å². The van der Waals surface area contributed by atoms with Crippen LogP contribution in [0.4, 0.5) is 13.2 Å². The zero-order valence-electron chi connectivity index (χ0n) is 15.6. The van der Waals surface area contributed by atoms with Gasteiger partial charge in [-0.3, -0.25) is 9.89 Å². The highest BCUT2D eigenvalue weighted by Crippen LogP contribution is 2.31. The van der Waals surface area contributed by atoms with E-state index in [9.17, 15) is 18.0 Å². The summed E-state index contributed by atoms with van der Waals surface area (Å²) in [6.45, 7) is 1.96. The molecule has 9 heteroatoms. The number of ether oxygens (including phenoxy) is 2. The Labute approximate surface area is 164 Å². The van der Waals surface area contributed by atoms with Gasteiger partial charge in [0.25, 0.3) is 5.91 Å². The Morgan fingerprint density at radius 1 is 1.17 bits per heavy atom. The maximum Gasteiger partial charge on any atom is 0.573 e. The summed E-state index contributed by atoms with van der Waals surface area (Å²) < 4.78 is 46.9. The van der Waals surface area contributed by atoms with Gasteiger partial charge in [-0.25, -0.2) is 0 Å². The average molecular weight is 405 g/mol. The number of aromatic amines is 1. The van der Waals surface area contributed by atoms with E-state index in [1.807, 2.05) is 25.1 Å². The number of amides is 1. The zero-order valence-corrected chi connectivity index (χ0v) is 15.6. The number of hydrogen-bond acceptors (Lipinski definition) is 4. The maximum atomic E-state index is 12.5. The molecule has 6 nitrogen and oxygen atoms in total. The van der Waals surface area contributed by atoms with Crippen LogP contribution < -0.4 is 14.8 Å². The average Bonchev–Trinajstić information content (AvgIpc) is 3.14. The normalized spacial score (nSPS) is 11.2.